The maximum absolute atomic E-state index is 14.5. The van der Waals surface area contributed by atoms with Crippen LogP contribution in [0.2, 0.25) is 0 Å². The molecule has 0 N–H and O–H groups in total. The van der Waals surface area contributed by atoms with Crippen molar-refractivity contribution in [3.05, 3.63) is 91.0 Å². The molecule has 0 aromatic heterocycles. The Morgan fingerprint density at radius 1 is 0.706 bits per heavy atom. The topological polar surface area (TPSA) is 38.5 Å². The quantitative estimate of drug-likeness (QED) is 0.342. The Bertz CT molecular complexity index is 1060. The van der Waals surface area contributed by atoms with Gasteiger partial charge in [-0.3, -0.25) is 4.57 Å². The maximum atomic E-state index is 14.5. The Labute approximate surface area is 204 Å². The molecular weight excluding hydrogens is 460 g/mol. The highest BCUT2D eigenvalue weighted by molar-refractivity contribution is 7.85. The van der Waals surface area contributed by atoms with E-state index in [0.29, 0.717) is 0 Å². The summed E-state index contributed by atoms with van der Waals surface area (Å²) in [6.07, 6.45) is 1.35. The minimum absolute atomic E-state index is 0.190. The van der Waals surface area contributed by atoms with Gasteiger partial charge in [-0.15, -0.1) is 0 Å². The van der Waals surface area contributed by atoms with Gasteiger partial charge in [0, 0.05) is 28.8 Å². The SMILES string of the molecule is CC(C)OP(=O)(OC(C)C)[C@@H]1CCC[N+]1=P(c1ccccc1)(c1ccccc1)c1ccccc1. The molecule has 1 heterocycles. The van der Waals surface area contributed by atoms with Crippen molar-refractivity contribution in [2.75, 3.05) is 6.54 Å². The summed E-state index contributed by atoms with van der Waals surface area (Å²) in [6.45, 7) is 8.57. The summed E-state index contributed by atoms with van der Waals surface area (Å²) < 4.78 is 29.4. The first-order chi connectivity index (χ1) is 16.4. The predicted molar refractivity (Wildman–Crippen MR) is 143 cm³/mol. The molecule has 1 saturated heterocycles. The van der Waals surface area contributed by atoms with Gasteiger partial charge in [0.15, 0.2) is 7.05 Å². The molecule has 0 amide bonds. The highest BCUT2D eigenvalue weighted by atomic mass is 31.2. The lowest BCUT2D eigenvalue weighted by atomic mass is 10.4. The maximum Gasteiger partial charge on any atom is 0.397 e. The van der Waals surface area contributed by atoms with Gasteiger partial charge in [-0.1, -0.05) is 54.6 Å². The Kier molecular flexibility index (Phi) is 7.95. The molecule has 1 fully saturated rings. The summed E-state index contributed by atoms with van der Waals surface area (Å²) in [7, 11) is -5.78. The lowest BCUT2D eigenvalue weighted by Gasteiger charge is -2.31. The minimum atomic E-state index is -3.44. The number of hydrogen-bond acceptors (Lipinski definition) is 3. The first kappa shape index (κ1) is 25.1. The number of benzene rings is 3. The van der Waals surface area contributed by atoms with Gasteiger partial charge in [-0.25, -0.2) is 4.33 Å². The van der Waals surface area contributed by atoms with Crippen LogP contribution in [0.1, 0.15) is 40.5 Å². The van der Waals surface area contributed by atoms with Gasteiger partial charge >= 0.3 is 7.60 Å². The van der Waals surface area contributed by atoms with Crippen LogP contribution < -0.4 is 15.9 Å². The van der Waals surface area contributed by atoms with Crippen molar-refractivity contribution in [1.29, 1.82) is 0 Å². The van der Waals surface area contributed by atoms with Gasteiger partial charge in [0.2, 0.25) is 5.78 Å². The molecule has 6 heteroatoms. The fraction of sp³-hybridized carbons (Fsp3) is 0.357. The molecule has 4 nitrogen and oxygen atoms in total. The van der Waals surface area contributed by atoms with Crippen LogP contribution in [0.4, 0.5) is 0 Å². The van der Waals surface area contributed by atoms with Crippen LogP contribution in [0.5, 0.6) is 0 Å². The molecule has 1 aliphatic heterocycles. The first-order valence-corrected chi connectivity index (χ1v) is 15.5. The summed E-state index contributed by atoms with van der Waals surface area (Å²) in [5.74, 6) is -0.314. The van der Waals surface area contributed by atoms with Crippen molar-refractivity contribution in [3.8, 4) is 0 Å². The lowest BCUT2D eigenvalue weighted by Crippen LogP contribution is -2.36. The highest BCUT2D eigenvalue weighted by Crippen LogP contribution is 2.62. The van der Waals surface area contributed by atoms with Crippen LogP contribution in [0.3, 0.4) is 0 Å². The molecular formula is C28H36NO3P2+. The largest absolute Gasteiger partial charge is 0.397 e. The lowest BCUT2D eigenvalue weighted by molar-refractivity contribution is -0.504. The van der Waals surface area contributed by atoms with E-state index in [2.05, 4.69) is 95.3 Å². The second-order valence-corrected chi connectivity index (χ2v) is 14.7. The molecule has 180 valence electrons. The molecule has 4 rings (SSSR count). The van der Waals surface area contributed by atoms with E-state index >= 15 is 0 Å². The second kappa shape index (κ2) is 10.8. The summed E-state index contributed by atoms with van der Waals surface area (Å²) >= 11 is 0. The first-order valence-electron chi connectivity index (χ1n) is 12.2. The van der Waals surface area contributed by atoms with Crippen LogP contribution in [0.15, 0.2) is 91.0 Å². The van der Waals surface area contributed by atoms with Gasteiger partial charge in [0.1, 0.15) is 6.54 Å². The Morgan fingerprint density at radius 3 is 1.44 bits per heavy atom. The van der Waals surface area contributed by atoms with Crippen molar-refractivity contribution in [2.24, 2.45) is 0 Å². The molecule has 0 radical (unpaired) electrons. The van der Waals surface area contributed by atoms with Crippen LogP contribution in [0.25, 0.3) is 0 Å². The zero-order chi connectivity index (χ0) is 24.2. The number of rotatable bonds is 8. The van der Waals surface area contributed by atoms with Crippen LogP contribution in [-0.4, -0.2) is 28.9 Å². The standard InChI is InChI=1S/C28H36NO3P2/c1-23(2)31-34(30,32-24(3)4)28-21-14-22-29(28)33(25-15-8-5-9-16-25,26-17-10-6-11-18-26)27-19-12-7-13-20-27/h5-13,15-20,23-24,28H,14,21-22H2,1-4H3/q+1/t28-/m1/s1. The molecule has 0 bridgehead atoms. The van der Waals surface area contributed by atoms with Crippen molar-refractivity contribution in [1.82, 2.24) is 0 Å². The predicted octanol–water partition coefficient (Wildman–Crippen LogP) is 6.34. The van der Waals surface area contributed by atoms with Crippen molar-refractivity contribution in [2.45, 2.75) is 58.5 Å². The molecule has 1 atom stereocenters. The average molecular weight is 497 g/mol. The molecule has 0 spiro atoms. The highest BCUT2D eigenvalue weighted by Gasteiger charge is 2.53. The summed E-state index contributed by atoms with van der Waals surface area (Å²) in [6, 6.07) is 32.2. The fourth-order valence-corrected chi connectivity index (χ4v) is 12.8. The Balaban J connectivity index is 2.13. The minimum Gasteiger partial charge on any atom is -0.301 e. The van der Waals surface area contributed by atoms with Crippen molar-refractivity contribution in [3.63, 3.8) is 0 Å². The summed E-state index contributed by atoms with van der Waals surface area (Å²) in [4.78, 5) is 0. The third-order valence-corrected chi connectivity index (χ3v) is 13.3. The van der Waals surface area contributed by atoms with Gasteiger partial charge in [-0.2, -0.15) is 0 Å². The third kappa shape index (κ3) is 4.88. The Morgan fingerprint density at radius 2 is 1.09 bits per heavy atom. The van der Waals surface area contributed by atoms with Gasteiger partial charge < -0.3 is 9.05 Å². The Hall–Kier alpha value is -1.96. The van der Waals surface area contributed by atoms with E-state index in [1.807, 2.05) is 27.7 Å². The molecule has 3 aromatic carbocycles. The van der Waals surface area contributed by atoms with E-state index in [0.717, 1.165) is 19.4 Å². The van der Waals surface area contributed by atoms with Crippen molar-refractivity contribution < 1.29 is 17.9 Å². The summed E-state index contributed by atoms with van der Waals surface area (Å²) in [5.41, 5.74) is 0. The van der Waals surface area contributed by atoms with E-state index < -0.39 is 14.7 Å². The molecule has 0 aliphatic carbocycles. The third-order valence-electron chi connectivity index (χ3n) is 6.05. The monoisotopic (exact) mass is 496 g/mol. The molecule has 34 heavy (non-hydrogen) atoms. The van der Waals surface area contributed by atoms with Gasteiger partial charge in [0.25, 0.3) is 0 Å². The normalized spacial score (nSPS) is 17.0. The fourth-order valence-electron chi connectivity index (χ4n) is 4.98. The van der Waals surface area contributed by atoms with E-state index in [4.69, 9.17) is 9.05 Å². The average Bonchev–Trinajstić information content (AvgIpc) is 3.32. The van der Waals surface area contributed by atoms with Gasteiger partial charge in [0.05, 0.1) is 12.2 Å². The van der Waals surface area contributed by atoms with E-state index in [1.54, 1.807) is 0 Å². The molecule has 0 unspecified atom stereocenters. The van der Waals surface area contributed by atoms with E-state index in [1.165, 1.54) is 15.9 Å². The van der Waals surface area contributed by atoms with Crippen LogP contribution >= 0.6 is 14.7 Å². The van der Waals surface area contributed by atoms with E-state index in [9.17, 15) is 4.57 Å². The zero-order valence-electron chi connectivity index (χ0n) is 20.6. The zero-order valence-corrected chi connectivity index (χ0v) is 22.4. The number of nitrogens with zero attached hydrogens (tertiary/aromatic N) is 1. The number of hydrogen-bond donors (Lipinski definition) is 0. The van der Waals surface area contributed by atoms with Crippen molar-refractivity contribution >= 4 is 30.6 Å². The van der Waals surface area contributed by atoms with E-state index in [-0.39, 0.29) is 18.0 Å². The molecule has 3 aromatic rings. The summed E-state index contributed by atoms with van der Waals surface area (Å²) in [5, 5.41) is 3.75. The second-order valence-electron chi connectivity index (χ2n) is 9.28. The van der Waals surface area contributed by atoms with Gasteiger partial charge in [-0.05, 0) is 64.1 Å². The molecule has 1 aliphatic rings. The molecule has 0 saturated carbocycles. The van der Waals surface area contributed by atoms with Crippen LogP contribution in [-0.2, 0) is 13.6 Å². The smallest absolute Gasteiger partial charge is 0.301 e. The van der Waals surface area contributed by atoms with Crippen LogP contribution in [0, 0.1) is 0 Å².